The van der Waals surface area contributed by atoms with Gasteiger partial charge in [-0.2, -0.15) is 0 Å². The minimum Gasteiger partial charge on any atom is -0.392 e. The summed E-state index contributed by atoms with van der Waals surface area (Å²) in [7, 11) is -2.00. The summed E-state index contributed by atoms with van der Waals surface area (Å²) in [5.74, 6) is -1.06. The lowest BCUT2D eigenvalue weighted by atomic mass is 10.1. The quantitative estimate of drug-likeness (QED) is 0.701. The van der Waals surface area contributed by atoms with E-state index in [4.69, 9.17) is 5.11 Å². The van der Waals surface area contributed by atoms with Crippen LogP contribution in [0.15, 0.2) is 30.3 Å². The van der Waals surface area contributed by atoms with Gasteiger partial charge in [0.2, 0.25) is 5.78 Å². The van der Waals surface area contributed by atoms with E-state index in [2.05, 4.69) is 0 Å². The number of aliphatic hydroxyl groups excluding tert-OH is 1. The monoisotopic (exact) mass is 273 g/mol. The van der Waals surface area contributed by atoms with E-state index in [0.717, 1.165) is 0 Å². The molecule has 1 aromatic rings. The fourth-order valence-corrected chi connectivity index (χ4v) is 2.51. The van der Waals surface area contributed by atoms with Crippen molar-refractivity contribution in [2.24, 2.45) is 0 Å². The second-order valence-electron chi connectivity index (χ2n) is 3.93. The molecule has 0 spiro atoms. The average molecular weight is 273 g/mol. The number of carbonyl (C=O) groups excluding carboxylic acids is 1. The Kier molecular flexibility index (Phi) is 4.23. The largest absolute Gasteiger partial charge is 0.392 e. The van der Waals surface area contributed by atoms with Crippen LogP contribution < -0.4 is 0 Å². The zero-order chi connectivity index (χ0) is 14.0. The molecule has 0 amide bonds. The van der Waals surface area contributed by atoms with Gasteiger partial charge in [0.15, 0.2) is 0 Å². The molecule has 1 atom stereocenters. The highest BCUT2D eigenvalue weighted by molar-refractivity contribution is 7.91. The van der Waals surface area contributed by atoms with Crippen molar-refractivity contribution >= 4 is 15.8 Å². The Labute approximate surface area is 106 Å². The first-order valence-corrected chi connectivity index (χ1v) is 6.56. The van der Waals surface area contributed by atoms with Crippen LogP contribution in [-0.2, 0) is 10.0 Å². The molecule has 0 saturated heterocycles. The number of ketones is 1. The van der Waals surface area contributed by atoms with Crippen LogP contribution in [0.2, 0.25) is 0 Å². The molecular formula is C11H15NO5S. The normalized spacial score (nSPS) is 15.4. The Morgan fingerprint density at radius 2 is 1.78 bits per heavy atom. The molecule has 0 saturated carbocycles. The van der Waals surface area contributed by atoms with Gasteiger partial charge in [-0.25, -0.2) is 12.7 Å². The van der Waals surface area contributed by atoms with E-state index in [1.807, 2.05) is 0 Å². The number of aliphatic hydroxyl groups is 2. The highest BCUT2D eigenvalue weighted by atomic mass is 32.2. The van der Waals surface area contributed by atoms with Gasteiger partial charge in [0.05, 0.1) is 6.61 Å². The standard InChI is InChI=1S/C11H15NO5S/c1-12(2)18(16,17)11(15,8-13)10(14)9-6-4-3-5-7-9/h3-7,13,15H,8H2,1-2H3. The molecule has 0 heterocycles. The summed E-state index contributed by atoms with van der Waals surface area (Å²) in [5.41, 5.74) is 0.0134. The van der Waals surface area contributed by atoms with Gasteiger partial charge in [-0.05, 0) is 0 Å². The molecule has 0 fully saturated rings. The van der Waals surface area contributed by atoms with E-state index in [1.165, 1.54) is 38.4 Å². The van der Waals surface area contributed by atoms with Crippen molar-refractivity contribution in [3.63, 3.8) is 0 Å². The molecular weight excluding hydrogens is 258 g/mol. The summed E-state index contributed by atoms with van der Waals surface area (Å²) >= 11 is 0. The first kappa shape index (κ1) is 14.8. The van der Waals surface area contributed by atoms with Gasteiger partial charge in [-0.3, -0.25) is 4.79 Å². The fourth-order valence-electron chi connectivity index (χ4n) is 1.39. The molecule has 18 heavy (non-hydrogen) atoms. The zero-order valence-corrected chi connectivity index (χ0v) is 10.9. The van der Waals surface area contributed by atoms with Gasteiger partial charge in [0.1, 0.15) is 0 Å². The van der Waals surface area contributed by atoms with Crippen LogP contribution in [-0.4, -0.2) is 54.4 Å². The maximum Gasteiger partial charge on any atom is 0.267 e. The predicted octanol–water partition coefficient (Wildman–Crippen LogP) is -0.558. The molecule has 0 aliphatic rings. The molecule has 6 nitrogen and oxygen atoms in total. The van der Waals surface area contributed by atoms with Crippen LogP contribution in [0.5, 0.6) is 0 Å². The Hall–Kier alpha value is -1.28. The van der Waals surface area contributed by atoms with Crippen molar-refractivity contribution in [1.29, 1.82) is 0 Å². The third kappa shape index (κ3) is 2.30. The lowest BCUT2D eigenvalue weighted by Crippen LogP contribution is -2.54. The molecule has 7 heteroatoms. The van der Waals surface area contributed by atoms with Crippen molar-refractivity contribution < 1.29 is 23.4 Å². The second-order valence-corrected chi connectivity index (χ2v) is 6.28. The third-order valence-corrected chi connectivity index (χ3v) is 4.64. The Balaban J connectivity index is 3.31. The van der Waals surface area contributed by atoms with Crippen molar-refractivity contribution in [3.8, 4) is 0 Å². The molecule has 2 N–H and O–H groups in total. The van der Waals surface area contributed by atoms with Crippen LogP contribution in [0.25, 0.3) is 0 Å². The van der Waals surface area contributed by atoms with E-state index in [1.54, 1.807) is 6.07 Å². The van der Waals surface area contributed by atoms with Gasteiger partial charge >= 0.3 is 0 Å². The van der Waals surface area contributed by atoms with Crippen LogP contribution in [0, 0.1) is 0 Å². The number of rotatable bonds is 5. The summed E-state index contributed by atoms with van der Waals surface area (Å²) in [6, 6.07) is 7.46. The topological polar surface area (TPSA) is 94.9 Å². The molecule has 0 aromatic heterocycles. The number of hydrogen-bond acceptors (Lipinski definition) is 5. The molecule has 0 bridgehead atoms. The first-order valence-electron chi connectivity index (χ1n) is 5.12. The van der Waals surface area contributed by atoms with E-state index >= 15 is 0 Å². The number of sulfonamides is 1. The SMILES string of the molecule is CN(C)S(=O)(=O)C(O)(CO)C(=O)c1ccccc1. The van der Waals surface area contributed by atoms with E-state index in [0.29, 0.717) is 4.31 Å². The number of carbonyl (C=O) groups is 1. The van der Waals surface area contributed by atoms with Gasteiger partial charge in [0.25, 0.3) is 15.0 Å². The summed E-state index contributed by atoms with van der Waals surface area (Å²) in [4.78, 5) is 9.17. The number of hydrogen-bond donors (Lipinski definition) is 2. The van der Waals surface area contributed by atoms with Crippen LogP contribution in [0.4, 0.5) is 0 Å². The average Bonchev–Trinajstić information content (AvgIpc) is 2.37. The molecule has 100 valence electrons. The lowest BCUT2D eigenvalue weighted by Gasteiger charge is -2.27. The van der Waals surface area contributed by atoms with Gasteiger partial charge in [-0.1, -0.05) is 30.3 Å². The summed E-state index contributed by atoms with van der Waals surface area (Å²) in [6.07, 6.45) is 0. The molecule has 1 unspecified atom stereocenters. The van der Waals surface area contributed by atoms with Gasteiger partial charge < -0.3 is 10.2 Å². The van der Waals surface area contributed by atoms with E-state index in [-0.39, 0.29) is 5.56 Å². The fraction of sp³-hybridized carbons (Fsp3) is 0.364. The molecule has 0 radical (unpaired) electrons. The molecule has 1 rings (SSSR count). The van der Waals surface area contributed by atoms with Crippen molar-refractivity contribution in [3.05, 3.63) is 35.9 Å². The summed E-state index contributed by atoms with van der Waals surface area (Å²) < 4.78 is 24.5. The van der Waals surface area contributed by atoms with E-state index < -0.39 is 27.3 Å². The molecule has 0 aliphatic carbocycles. The van der Waals surface area contributed by atoms with E-state index in [9.17, 15) is 18.3 Å². The Morgan fingerprint density at radius 3 is 2.17 bits per heavy atom. The smallest absolute Gasteiger partial charge is 0.267 e. The highest BCUT2D eigenvalue weighted by Gasteiger charge is 2.50. The van der Waals surface area contributed by atoms with Crippen LogP contribution >= 0.6 is 0 Å². The third-order valence-electron chi connectivity index (χ3n) is 2.51. The lowest BCUT2D eigenvalue weighted by molar-refractivity contribution is 0.0392. The van der Waals surface area contributed by atoms with Gasteiger partial charge in [0, 0.05) is 19.7 Å². The van der Waals surface area contributed by atoms with Crippen molar-refractivity contribution in [2.45, 2.75) is 4.93 Å². The Morgan fingerprint density at radius 1 is 1.28 bits per heavy atom. The van der Waals surface area contributed by atoms with Gasteiger partial charge in [-0.15, -0.1) is 0 Å². The van der Waals surface area contributed by atoms with Crippen LogP contribution in [0.1, 0.15) is 10.4 Å². The summed E-state index contributed by atoms with van der Waals surface area (Å²) in [6.45, 7) is -1.21. The van der Waals surface area contributed by atoms with Crippen LogP contribution in [0.3, 0.4) is 0 Å². The first-order chi connectivity index (χ1) is 8.27. The van der Waals surface area contributed by atoms with Crippen molar-refractivity contribution in [1.82, 2.24) is 4.31 Å². The number of Topliss-reactive ketones (excluding diaryl/α,β-unsaturated/α-hetero) is 1. The highest BCUT2D eigenvalue weighted by Crippen LogP contribution is 2.22. The van der Waals surface area contributed by atoms with Crippen molar-refractivity contribution in [2.75, 3.05) is 20.7 Å². The number of benzene rings is 1. The zero-order valence-electron chi connectivity index (χ0n) is 10.1. The Bertz CT molecular complexity index is 526. The minimum atomic E-state index is -4.35. The maximum atomic E-state index is 12.0. The minimum absolute atomic E-state index is 0.0134. The molecule has 0 aliphatic heterocycles. The second kappa shape index (κ2) is 5.15. The number of nitrogens with zero attached hydrogens (tertiary/aromatic N) is 1. The summed E-state index contributed by atoms with van der Waals surface area (Å²) in [5, 5.41) is 19.1. The molecule has 1 aromatic carbocycles. The maximum absolute atomic E-state index is 12.0. The predicted molar refractivity (Wildman–Crippen MR) is 65.4 cm³/mol.